The zero-order chi connectivity index (χ0) is 10.1. The Kier molecular flexibility index (Phi) is 2.21. The predicted molar refractivity (Wildman–Crippen MR) is 53.2 cm³/mol. The van der Waals surface area contributed by atoms with Crippen LogP contribution in [-0.4, -0.2) is 17.6 Å². The Bertz CT molecular complexity index is 404. The maximum Gasteiger partial charge on any atom is 0.170 e. The van der Waals surface area contributed by atoms with Crippen molar-refractivity contribution in [3.05, 3.63) is 28.3 Å². The summed E-state index contributed by atoms with van der Waals surface area (Å²) < 4.78 is 5.32. The summed E-state index contributed by atoms with van der Waals surface area (Å²) in [5.74, 6) is 0.766. The van der Waals surface area contributed by atoms with Gasteiger partial charge in [0.15, 0.2) is 5.84 Å². The van der Waals surface area contributed by atoms with Gasteiger partial charge in [-0.15, -0.1) is 0 Å². The van der Waals surface area contributed by atoms with Crippen molar-refractivity contribution < 1.29 is 9.94 Å². The van der Waals surface area contributed by atoms with E-state index in [-0.39, 0.29) is 5.84 Å². The number of nitrogens with zero attached hydrogens (tertiary/aromatic N) is 1. The molecule has 3 N–H and O–H groups in total. The van der Waals surface area contributed by atoms with Crippen molar-refractivity contribution in [2.24, 2.45) is 10.9 Å². The fourth-order valence-electron chi connectivity index (χ4n) is 1.47. The lowest BCUT2D eigenvalue weighted by molar-refractivity contribution is 0.318. The monoisotopic (exact) mass is 212 g/mol. The number of fused-ring (bicyclic) bond motifs is 1. The Hall–Kier alpha value is -1.42. The zero-order valence-electron chi connectivity index (χ0n) is 7.33. The van der Waals surface area contributed by atoms with Crippen molar-refractivity contribution in [1.29, 1.82) is 0 Å². The average Bonchev–Trinajstić information content (AvgIpc) is 2.64. The van der Waals surface area contributed by atoms with E-state index in [1.54, 1.807) is 6.07 Å². The molecule has 0 atom stereocenters. The normalized spacial score (nSPS) is 15.1. The van der Waals surface area contributed by atoms with Crippen LogP contribution in [0.1, 0.15) is 11.1 Å². The molecule has 1 aliphatic heterocycles. The molecule has 2 rings (SSSR count). The van der Waals surface area contributed by atoms with Gasteiger partial charge in [0.1, 0.15) is 5.75 Å². The maximum absolute atomic E-state index is 8.52. The molecule has 1 aromatic carbocycles. The van der Waals surface area contributed by atoms with Gasteiger partial charge in [-0.2, -0.15) is 0 Å². The Morgan fingerprint density at radius 3 is 3.07 bits per heavy atom. The van der Waals surface area contributed by atoms with E-state index in [1.807, 2.05) is 6.07 Å². The highest BCUT2D eigenvalue weighted by Gasteiger charge is 2.17. The number of amidine groups is 1. The first-order valence-corrected chi connectivity index (χ1v) is 4.53. The Morgan fingerprint density at radius 1 is 1.57 bits per heavy atom. The van der Waals surface area contributed by atoms with Gasteiger partial charge in [-0.3, -0.25) is 0 Å². The summed E-state index contributed by atoms with van der Waals surface area (Å²) in [7, 11) is 0. The smallest absolute Gasteiger partial charge is 0.170 e. The Morgan fingerprint density at radius 2 is 2.36 bits per heavy atom. The number of ether oxygens (including phenoxy) is 1. The number of benzene rings is 1. The lowest BCUT2D eigenvalue weighted by Crippen LogP contribution is -2.13. The molecule has 5 heteroatoms. The van der Waals surface area contributed by atoms with Crippen molar-refractivity contribution >= 4 is 17.4 Å². The van der Waals surface area contributed by atoms with Crippen LogP contribution in [-0.2, 0) is 6.42 Å². The van der Waals surface area contributed by atoms with Crippen LogP contribution in [0.4, 0.5) is 0 Å². The van der Waals surface area contributed by atoms with E-state index in [4.69, 9.17) is 27.3 Å². The van der Waals surface area contributed by atoms with Gasteiger partial charge < -0.3 is 15.7 Å². The minimum Gasteiger partial charge on any atom is -0.491 e. The number of oxime groups is 1. The quantitative estimate of drug-likeness (QED) is 0.320. The standard InChI is InChI=1S/C9H9ClN2O2/c10-7-4-6(9(11)12-13)3-5-1-2-14-8(5)7/h3-4,13H,1-2H2,(H2,11,12). The summed E-state index contributed by atoms with van der Waals surface area (Å²) in [6, 6.07) is 3.45. The molecule has 1 aliphatic rings. The highest BCUT2D eigenvalue weighted by atomic mass is 35.5. The van der Waals surface area contributed by atoms with E-state index in [9.17, 15) is 0 Å². The first kappa shape index (κ1) is 9.15. The number of hydrogen-bond donors (Lipinski definition) is 2. The molecule has 0 saturated carbocycles. The summed E-state index contributed by atoms with van der Waals surface area (Å²) in [4.78, 5) is 0. The first-order chi connectivity index (χ1) is 6.72. The summed E-state index contributed by atoms with van der Waals surface area (Å²) in [6.45, 7) is 0.634. The van der Waals surface area contributed by atoms with Crippen LogP contribution < -0.4 is 10.5 Å². The maximum atomic E-state index is 8.52. The van der Waals surface area contributed by atoms with Crippen molar-refractivity contribution in [2.45, 2.75) is 6.42 Å². The third-order valence-corrected chi connectivity index (χ3v) is 2.42. The molecule has 0 saturated heterocycles. The van der Waals surface area contributed by atoms with E-state index in [0.29, 0.717) is 22.9 Å². The fraction of sp³-hybridized carbons (Fsp3) is 0.222. The molecule has 74 valence electrons. The number of hydrogen-bond acceptors (Lipinski definition) is 3. The molecule has 1 heterocycles. The molecule has 0 aliphatic carbocycles. The van der Waals surface area contributed by atoms with E-state index in [1.165, 1.54) is 0 Å². The third-order valence-electron chi connectivity index (χ3n) is 2.14. The van der Waals surface area contributed by atoms with Gasteiger partial charge in [-0.05, 0) is 17.7 Å². The predicted octanol–water partition coefficient (Wildman–Crippen LogP) is 1.37. The van der Waals surface area contributed by atoms with E-state index >= 15 is 0 Å². The molecule has 0 unspecified atom stereocenters. The van der Waals surface area contributed by atoms with Crippen LogP contribution >= 0.6 is 11.6 Å². The van der Waals surface area contributed by atoms with Gasteiger partial charge in [0.05, 0.1) is 11.6 Å². The fourth-order valence-corrected chi connectivity index (χ4v) is 1.76. The zero-order valence-corrected chi connectivity index (χ0v) is 8.08. The number of nitrogens with two attached hydrogens (primary N) is 1. The van der Waals surface area contributed by atoms with Crippen molar-refractivity contribution in [1.82, 2.24) is 0 Å². The summed E-state index contributed by atoms with van der Waals surface area (Å²) in [5.41, 5.74) is 7.07. The van der Waals surface area contributed by atoms with Crippen molar-refractivity contribution in [2.75, 3.05) is 6.61 Å². The van der Waals surface area contributed by atoms with Gasteiger partial charge in [0, 0.05) is 12.0 Å². The lowest BCUT2D eigenvalue weighted by atomic mass is 10.1. The second-order valence-electron chi connectivity index (χ2n) is 3.03. The molecular formula is C9H9ClN2O2. The molecule has 14 heavy (non-hydrogen) atoms. The van der Waals surface area contributed by atoms with Crippen LogP contribution in [0.3, 0.4) is 0 Å². The molecule has 0 bridgehead atoms. The molecule has 1 aromatic rings. The molecule has 0 radical (unpaired) electrons. The van der Waals surface area contributed by atoms with Gasteiger partial charge in [0.25, 0.3) is 0 Å². The second-order valence-corrected chi connectivity index (χ2v) is 3.44. The van der Waals surface area contributed by atoms with Crippen LogP contribution in [0, 0.1) is 0 Å². The van der Waals surface area contributed by atoms with Crippen LogP contribution in [0.15, 0.2) is 17.3 Å². The molecule has 4 nitrogen and oxygen atoms in total. The summed E-state index contributed by atoms with van der Waals surface area (Å²) >= 11 is 5.96. The summed E-state index contributed by atoms with van der Waals surface area (Å²) in [6.07, 6.45) is 0.807. The Balaban J connectivity index is 2.52. The summed E-state index contributed by atoms with van der Waals surface area (Å²) in [5, 5.41) is 11.9. The number of halogens is 1. The number of rotatable bonds is 1. The lowest BCUT2D eigenvalue weighted by Gasteiger charge is -2.04. The first-order valence-electron chi connectivity index (χ1n) is 4.15. The highest BCUT2D eigenvalue weighted by Crippen LogP contribution is 2.34. The molecular weight excluding hydrogens is 204 g/mol. The van der Waals surface area contributed by atoms with Gasteiger partial charge >= 0.3 is 0 Å². The van der Waals surface area contributed by atoms with E-state index in [2.05, 4.69) is 5.16 Å². The van der Waals surface area contributed by atoms with Crippen molar-refractivity contribution in [3.8, 4) is 5.75 Å². The van der Waals surface area contributed by atoms with Gasteiger partial charge in [0.2, 0.25) is 0 Å². The van der Waals surface area contributed by atoms with Crippen LogP contribution in [0.25, 0.3) is 0 Å². The molecule has 0 amide bonds. The topological polar surface area (TPSA) is 67.8 Å². The molecule has 0 fully saturated rings. The van der Waals surface area contributed by atoms with Crippen LogP contribution in [0.2, 0.25) is 5.02 Å². The van der Waals surface area contributed by atoms with E-state index in [0.717, 1.165) is 12.0 Å². The van der Waals surface area contributed by atoms with E-state index < -0.39 is 0 Å². The Labute approximate surface area is 85.9 Å². The van der Waals surface area contributed by atoms with Gasteiger partial charge in [-0.25, -0.2) is 0 Å². The van der Waals surface area contributed by atoms with Crippen molar-refractivity contribution in [3.63, 3.8) is 0 Å². The molecule has 0 spiro atoms. The largest absolute Gasteiger partial charge is 0.491 e. The van der Waals surface area contributed by atoms with Crippen LogP contribution in [0.5, 0.6) is 5.75 Å². The molecule has 0 aromatic heterocycles. The minimum absolute atomic E-state index is 0.0570. The second kappa shape index (κ2) is 3.38. The third kappa shape index (κ3) is 1.37. The van der Waals surface area contributed by atoms with Gasteiger partial charge in [-0.1, -0.05) is 16.8 Å². The average molecular weight is 213 g/mol. The highest BCUT2D eigenvalue weighted by molar-refractivity contribution is 6.32. The minimum atomic E-state index is 0.0570. The SMILES string of the molecule is N/C(=N/O)c1cc(Cl)c2c(c1)CCO2.